The van der Waals surface area contributed by atoms with Crippen molar-refractivity contribution in [2.45, 2.75) is 137 Å². The second-order valence-electron chi connectivity index (χ2n) is 8.65. The molecule has 31 heavy (non-hydrogen) atoms. The van der Waals surface area contributed by atoms with Gasteiger partial charge >= 0.3 is 0 Å². The van der Waals surface area contributed by atoms with Gasteiger partial charge in [-0.1, -0.05) is 92.1 Å². The van der Waals surface area contributed by atoms with Crippen LogP contribution in [0.2, 0.25) is 0 Å². The highest BCUT2D eigenvalue weighted by Crippen LogP contribution is 2.36. The molecule has 0 aromatic carbocycles. The molecule has 0 aromatic rings. The van der Waals surface area contributed by atoms with Crippen LogP contribution in [0.5, 0.6) is 0 Å². The molecule has 0 fully saturated rings. The fourth-order valence-corrected chi connectivity index (χ4v) is 3.78. The minimum absolute atomic E-state index is 0.401. The summed E-state index contributed by atoms with van der Waals surface area (Å²) in [5, 5.41) is 0. The molecular weight excluding hydrogens is 384 g/mol. The van der Waals surface area contributed by atoms with Crippen LogP contribution in [0, 0.1) is 5.92 Å². The van der Waals surface area contributed by atoms with Gasteiger partial charge in [0, 0.05) is 19.6 Å². The third kappa shape index (κ3) is 18.9. The lowest BCUT2D eigenvalue weighted by Crippen LogP contribution is -2.44. The Morgan fingerprint density at radius 2 is 1.16 bits per heavy atom. The molecule has 3 heteroatoms. The average molecular weight is 443 g/mol. The van der Waals surface area contributed by atoms with Crippen LogP contribution in [0.15, 0.2) is 12.7 Å². The number of methoxy groups -OCH3 is 1. The Labute approximate surface area is 196 Å². The van der Waals surface area contributed by atoms with Crippen molar-refractivity contribution in [1.29, 1.82) is 0 Å². The maximum absolute atomic E-state index is 6.49. The summed E-state index contributed by atoms with van der Waals surface area (Å²) in [4.78, 5) is 0. The molecule has 0 rings (SSSR count). The molecule has 0 heterocycles. The second-order valence-corrected chi connectivity index (χ2v) is 8.65. The highest BCUT2D eigenvalue weighted by molar-refractivity contribution is 4.80. The van der Waals surface area contributed by atoms with Crippen LogP contribution in [0.4, 0.5) is 0 Å². The van der Waals surface area contributed by atoms with Crippen molar-refractivity contribution in [1.82, 2.24) is 0 Å². The first-order chi connectivity index (χ1) is 15.1. The predicted octanol–water partition coefficient (Wildman–Crippen LogP) is 9.10. The van der Waals surface area contributed by atoms with Gasteiger partial charge in [-0.15, -0.1) is 6.58 Å². The maximum Gasteiger partial charge on any atom is 0.170 e. The summed E-state index contributed by atoms with van der Waals surface area (Å²) in [5.74, 6) is 0.0687. The molecule has 1 unspecified atom stereocenters. The number of unbranched alkanes of at least 4 members (excludes halogenated alkanes) is 7. The number of hydrogen-bond donors (Lipinski definition) is 0. The molecule has 0 aliphatic heterocycles. The normalized spacial score (nSPS) is 12.3. The van der Waals surface area contributed by atoms with Crippen LogP contribution in [-0.4, -0.2) is 32.7 Å². The van der Waals surface area contributed by atoms with E-state index in [2.05, 4.69) is 41.2 Å². The highest BCUT2D eigenvalue weighted by Gasteiger charge is 2.38. The molecule has 3 nitrogen and oxygen atoms in total. The molecular formula is C28H58O3. The summed E-state index contributed by atoms with van der Waals surface area (Å²) in [6.07, 6.45) is 19.9. The molecule has 0 radical (unpaired) electrons. The summed E-state index contributed by atoms with van der Waals surface area (Å²) in [7, 11) is 1.80. The molecule has 188 valence electrons. The molecule has 0 aliphatic carbocycles. The van der Waals surface area contributed by atoms with Gasteiger partial charge in [0.15, 0.2) is 5.79 Å². The maximum atomic E-state index is 6.49. The van der Waals surface area contributed by atoms with E-state index in [1.807, 2.05) is 6.08 Å². The van der Waals surface area contributed by atoms with Gasteiger partial charge in [0.1, 0.15) is 0 Å². The van der Waals surface area contributed by atoms with E-state index in [0.717, 1.165) is 58.3 Å². The van der Waals surface area contributed by atoms with E-state index in [9.17, 15) is 0 Å². The summed E-state index contributed by atoms with van der Waals surface area (Å²) in [6.45, 7) is 17.0. The van der Waals surface area contributed by atoms with Gasteiger partial charge in [-0.3, -0.25) is 0 Å². The van der Waals surface area contributed by atoms with Gasteiger partial charge in [-0.2, -0.15) is 0 Å². The summed E-state index contributed by atoms with van der Waals surface area (Å²) in [5.41, 5.74) is 0. The molecule has 0 aliphatic rings. The van der Waals surface area contributed by atoms with Crippen LogP contribution >= 0.6 is 0 Å². The fourth-order valence-electron chi connectivity index (χ4n) is 3.78. The van der Waals surface area contributed by atoms with Crippen molar-refractivity contribution in [3.8, 4) is 0 Å². The monoisotopic (exact) mass is 442 g/mol. The number of rotatable bonds is 22. The number of allylic oxidation sites excluding steroid dienone is 1. The SMILES string of the molecule is C=CCC.CCCCCCCCC(CCCOC)C(CC)(OCCCC)OCCCC. The zero-order chi connectivity index (χ0) is 23.6. The quantitative estimate of drug-likeness (QED) is 0.0950. The Balaban J connectivity index is 0. The van der Waals surface area contributed by atoms with Crippen LogP contribution in [0.3, 0.4) is 0 Å². The largest absolute Gasteiger partial charge is 0.385 e. The van der Waals surface area contributed by atoms with Crippen LogP contribution in [-0.2, 0) is 14.2 Å². The van der Waals surface area contributed by atoms with Gasteiger partial charge in [-0.25, -0.2) is 0 Å². The second kappa shape index (κ2) is 25.9. The van der Waals surface area contributed by atoms with Crippen molar-refractivity contribution in [2.75, 3.05) is 26.9 Å². The van der Waals surface area contributed by atoms with E-state index in [1.165, 1.54) is 57.8 Å². The molecule has 0 spiro atoms. The molecule has 0 aromatic heterocycles. The first-order valence-corrected chi connectivity index (χ1v) is 13.5. The molecule has 0 N–H and O–H groups in total. The fraction of sp³-hybridized carbons (Fsp3) is 0.929. The Kier molecular flexibility index (Phi) is 27.4. The van der Waals surface area contributed by atoms with Crippen LogP contribution in [0.25, 0.3) is 0 Å². The lowest BCUT2D eigenvalue weighted by atomic mass is 9.86. The summed E-state index contributed by atoms with van der Waals surface area (Å²) >= 11 is 0. The smallest absolute Gasteiger partial charge is 0.170 e. The van der Waals surface area contributed by atoms with E-state index in [4.69, 9.17) is 14.2 Å². The minimum Gasteiger partial charge on any atom is -0.385 e. The molecule has 1 atom stereocenters. The Hall–Kier alpha value is -0.380. The van der Waals surface area contributed by atoms with E-state index in [0.29, 0.717) is 5.92 Å². The molecule has 0 saturated carbocycles. The third-order valence-electron chi connectivity index (χ3n) is 5.90. The number of ether oxygens (including phenoxy) is 3. The minimum atomic E-state index is -0.401. The first-order valence-electron chi connectivity index (χ1n) is 13.5. The van der Waals surface area contributed by atoms with E-state index < -0.39 is 5.79 Å². The average Bonchev–Trinajstić information content (AvgIpc) is 2.79. The lowest BCUT2D eigenvalue weighted by Gasteiger charge is -2.40. The zero-order valence-electron chi connectivity index (χ0n) is 22.3. The number of hydrogen-bond acceptors (Lipinski definition) is 3. The molecule has 0 bridgehead atoms. The Morgan fingerprint density at radius 3 is 1.61 bits per heavy atom. The first kappa shape index (κ1) is 32.8. The van der Waals surface area contributed by atoms with Crippen molar-refractivity contribution in [3.63, 3.8) is 0 Å². The van der Waals surface area contributed by atoms with Gasteiger partial charge in [0.2, 0.25) is 0 Å². The Bertz CT molecular complexity index is 333. The van der Waals surface area contributed by atoms with Gasteiger partial charge in [0.25, 0.3) is 0 Å². The predicted molar refractivity (Wildman–Crippen MR) is 138 cm³/mol. The van der Waals surface area contributed by atoms with Crippen molar-refractivity contribution < 1.29 is 14.2 Å². The Morgan fingerprint density at radius 1 is 0.677 bits per heavy atom. The van der Waals surface area contributed by atoms with Crippen LogP contribution < -0.4 is 0 Å². The van der Waals surface area contributed by atoms with Gasteiger partial charge in [-0.05, 0) is 44.9 Å². The van der Waals surface area contributed by atoms with Crippen LogP contribution in [0.1, 0.15) is 131 Å². The zero-order valence-corrected chi connectivity index (χ0v) is 22.3. The van der Waals surface area contributed by atoms with Crippen molar-refractivity contribution in [2.24, 2.45) is 5.92 Å². The van der Waals surface area contributed by atoms with E-state index >= 15 is 0 Å². The summed E-state index contributed by atoms with van der Waals surface area (Å²) in [6, 6.07) is 0. The third-order valence-corrected chi connectivity index (χ3v) is 5.90. The van der Waals surface area contributed by atoms with Gasteiger partial charge in [0.05, 0.1) is 13.2 Å². The van der Waals surface area contributed by atoms with E-state index in [1.54, 1.807) is 7.11 Å². The van der Waals surface area contributed by atoms with Gasteiger partial charge < -0.3 is 14.2 Å². The van der Waals surface area contributed by atoms with E-state index in [-0.39, 0.29) is 0 Å². The summed E-state index contributed by atoms with van der Waals surface area (Å²) < 4.78 is 18.3. The standard InChI is InChI=1S/C24H50O3.C4H8/c1-6-10-13-14-15-16-18-23(19-17-20-25-5)24(9-4,26-21-11-7-2)27-22-12-8-3;1-3-4-2/h23H,6-22H2,1-5H3;3H,1,4H2,2H3. The topological polar surface area (TPSA) is 27.7 Å². The lowest BCUT2D eigenvalue weighted by molar-refractivity contribution is -0.272. The molecule has 0 saturated heterocycles. The molecule has 0 amide bonds. The highest BCUT2D eigenvalue weighted by atomic mass is 16.7. The van der Waals surface area contributed by atoms with Crippen molar-refractivity contribution >= 4 is 0 Å². The van der Waals surface area contributed by atoms with Crippen molar-refractivity contribution in [3.05, 3.63) is 12.7 Å².